The molecule has 0 saturated carbocycles. The molecule has 1 N–H and O–H groups in total. The van der Waals surface area contributed by atoms with Crippen LogP contribution in [-0.4, -0.2) is 21.5 Å². The second-order valence-electron chi connectivity index (χ2n) is 4.86. The predicted molar refractivity (Wildman–Crippen MR) is 81.1 cm³/mol. The molecule has 0 unspecified atom stereocenters. The maximum Gasteiger partial charge on any atom is 0.271 e. The quantitative estimate of drug-likeness (QED) is 0.918. The summed E-state index contributed by atoms with van der Waals surface area (Å²) in [7, 11) is 0. The molecule has 1 amide bonds. The van der Waals surface area contributed by atoms with Crippen LogP contribution < -0.4 is 10.9 Å². The zero-order valence-electron chi connectivity index (χ0n) is 12.0. The summed E-state index contributed by atoms with van der Waals surface area (Å²) in [6.45, 7) is 6.01. The van der Waals surface area contributed by atoms with Crippen molar-refractivity contribution in [1.29, 1.82) is 0 Å². The number of amides is 1. The van der Waals surface area contributed by atoms with Crippen molar-refractivity contribution in [2.75, 3.05) is 0 Å². The molecule has 0 aromatic carbocycles. The molecule has 2 aromatic heterocycles. The zero-order chi connectivity index (χ0) is 14.7. The molecule has 2 rings (SSSR count). The van der Waals surface area contributed by atoms with E-state index in [0.29, 0.717) is 4.70 Å². The summed E-state index contributed by atoms with van der Waals surface area (Å²) in [5.41, 5.74) is 1.58. The Kier molecular flexibility index (Phi) is 4.54. The average Bonchev–Trinajstić information content (AvgIpc) is 2.81. The van der Waals surface area contributed by atoms with Crippen molar-refractivity contribution in [2.24, 2.45) is 0 Å². The maximum atomic E-state index is 12.3. The van der Waals surface area contributed by atoms with Crippen LogP contribution in [0.4, 0.5) is 0 Å². The largest absolute Gasteiger partial charge is 0.352 e. The van der Waals surface area contributed by atoms with Gasteiger partial charge < -0.3 is 5.32 Å². The van der Waals surface area contributed by atoms with Crippen LogP contribution in [0, 0.1) is 6.92 Å². The van der Waals surface area contributed by atoms with E-state index in [9.17, 15) is 9.59 Å². The van der Waals surface area contributed by atoms with Crippen molar-refractivity contribution in [3.63, 3.8) is 0 Å². The predicted octanol–water partition coefficient (Wildman–Crippen LogP) is 2.07. The first-order valence-corrected chi connectivity index (χ1v) is 7.67. The number of hydrogen-bond donors (Lipinski definition) is 1. The number of fused-ring (bicyclic) bond motifs is 1. The van der Waals surface area contributed by atoms with Crippen LogP contribution in [0.25, 0.3) is 10.2 Å². The van der Waals surface area contributed by atoms with Gasteiger partial charge >= 0.3 is 0 Å². The molecule has 108 valence electrons. The summed E-state index contributed by atoms with van der Waals surface area (Å²) in [5.74, 6) is -0.143. The lowest BCUT2D eigenvalue weighted by Crippen LogP contribution is -2.38. The van der Waals surface area contributed by atoms with E-state index in [2.05, 4.69) is 10.3 Å². The normalized spacial score (nSPS) is 11.2. The van der Waals surface area contributed by atoms with Gasteiger partial charge in [0.1, 0.15) is 11.2 Å². The van der Waals surface area contributed by atoms with E-state index in [1.165, 1.54) is 22.2 Å². The molecule has 20 heavy (non-hydrogen) atoms. The molecule has 0 bridgehead atoms. The van der Waals surface area contributed by atoms with Gasteiger partial charge in [-0.2, -0.15) is 0 Å². The van der Waals surface area contributed by atoms with Crippen molar-refractivity contribution >= 4 is 27.5 Å². The molecule has 6 heteroatoms. The Morgan fingerprint density at radius 3 is 2.80 bits per heavy atom. The van der Waals surface area contributed by atoms with Crippen molar-refractivity contribution in [2.45, 2.75) is 46.2 Å². The van der Waals surface area contributed by atoms with E-state index in [1.54, 1.807) is 0 Å². The van der Waals surface area contributed by atoms with E-state index in [0.717, 1.165) is 23.9 Å². The first-order chi connectivity index (χ1) is 9.56. The Hall–Kier alpha value is -1.69. The second kappa shape index (κ2) is 6.17. The number of carbonyl (C=O) groups is 1. The minimum absolute atomic E-state index is 0.0230. The topological polar surface area (TPSA) is 64.0 Å². The lowest BCUT2D eigenvalue weighted by Gasteiger charge is -2.15. The highest BCUT2D eigenvalue weighted by Gasteiger charge is 2.12. The third kappa shape index (κ3) is 2.90. The minimum Gasteiger partial charge on any atom is -0.352 e. The summed E-state index contributed by atoms with van der Waals surface area (Å²) < 4.78 is 1.98. The molecule has 0 spiro atoms. The Balaban J connectivity index is 2.20. The fraction of sp³-hybridized carbons (Fsp3) is 0.500. The molecular formula is C14H19N3O2S. The van der Waals surface area contributed by atoms with Gasteiger partial charge in [0.05, 0.1) is 11.8 Å². The van der Waals surface area contributed by atoms with Crippen molar-refractivity contribution in [3.05, 3.63) is 27.6 Å². The zero-order valence-corrected chi connectivity index (χ0v) is 12.8. The Morgan fingerprint density at radius 1 is 1.45 bits per heavy atom. The van der Waals surface area contributed by atoms with Crippen LogP contribution in [0.2, 0.25) is 0 Å². The summed E-state index contributed by atoms with van der Waals surface area (Å²) in [6, 6.07) is 0.166. The molecule has 2 aromatic rings. The van der Waals surface area contributed by atoms with Crippen molar-refractivity contribution < 1.29 is 4.79 Å². The van der Waals surface area contributed by atoms with Gasteiger partial charge in [-0.3, -0.25) is 14.2 Å². The SMILES string of the molecule is CCC(CC)NC(=O)Cn1cnc2c(C)csc2c1=O. The number of rotatable bonds is 5. The number of aromatic nitrogens is 2. The Morgan fingerprint density at radius 2 is 2.15 bits per heavy atom. The summed E-state index contributed by atoms with van der Waals surface area (Å²) in [4.78, 5) is 28.5. The monoisotopic (exact) mass is 293 g/mol. The second-order valence-corrected chi connectivity index (χ2v) is 5.73. The molecule has 0 atom stereocenters. The molecule has 0 aliphatic rings. The van der Waals surface area contributed by atoms with Gasteiger partial charge in [0, 0.05) is 6.04 Å². The van der Waals surface area contributed by atoms with Crippen LogP contribution >= 0.6 is 11.3 Å². The van der Waals surface area contributed by atoms with Gasteiger partial charge in [0.15, 0.2) is 0 Å². The minimum atomic E-state index is -0.146. The van der Waals surface area contributed by atoms with Crippen LogP contribution in [0.5, 0.6) is 0 Å². The van der Waals surface area contributed by atoms with Crippen LogP contribution in [0.15, 0.2) is 16.5 Å². The van der Waals surface area contributed by atoms with E-state index in [-0.39, 0.29) is 24.1 Å². The number of nitrogens with one attached hydrogen (secondary N) is 1. The fourth-order valence-corrected chi connectivity index (χ4v) is 3.04. The highest BCUT2D eigenvalue weighted by atomic mass is 32.1. The van der Waals surface area contributed by atoms with Gasteiger partial charge in [-0.05, 0) is 30.7 Å². The smallest absolute Gasteiger partial charge is 0.271 e. The lowest BCUT2D eigenvalue weighted by atomic mass is 10.2. The number of aryl methyl sites for hydroxylation is 1. The van der Waals surface area contributed by atoms with Gasteiger partial charge in [0.2, 0.25) is 5.91 Å². The standard InChI is InChI=1S/C14H19N3O2S/c1-4-10(5-2)16-11(18)6-17-8-15-12-9(3)7-20-13(12)14(17)19/h7-8,10H,4-6H2,1-3H3,(H,16,18). The number of thiophene rings is 1. The van der Waals surface area contributed by atoms with Crippen LogP contribution in [-0.2, 0) is 11.3 Å². The fourth-order valence-electron chi connectivity index (χ4n) is 2.09. The molecular weight excluding hydrogens is 274 g/mol. The Bertz CT molecular complexity index is 671. The van der Waals surface area contributed by atoms with Gasteiger partial charge in [-0.15, -0.1) is 11.3 Å². The third-order valence-electron chi connectivity index (χ3n) is 3.39. The van der Waals surface area contributed by atoms with Crippen LogP contribution in [0.3, 0.4) is 0 Å². The number of carbonyl (C=O) groups excluding carboxylic acids is 1. The Labute approximate surface area is 121 Å². The summed E-state index contributed by atoms with van der Waals surface area (Å²) in [5, 5.41) is 4.83. The van der Waals surface area contributed by atoms with E-state index >= 15 is 0 Å². The van der Waals surface area contributed by atoms with Crippen LogP contribution in [0.1, 0.15) is 32.3 Å². The van der Waals surface area contributed by atoms with Crippen molar-refractivity contribution in [1.82, 2.24) is 14.9 Å². The molecule has 0 saturated heterocycles. The van der Waals surface area contributed by atoms with Gasteiger partial charge in [0.25, 0.3) is 5.56 Å². The highest BCUT2D eigenvalue weighted by molar-refractivity contribution is 7.17. The third-order valence-corrected chi connectivity index (χ3v) is 4.46. The summed E-state index contributed by atoms with van der Waals surface area (Å²) in [6.07, 6.45) is 3.23. The molecule has 0 aliphatic heterocycles. The van der Waals surface area contributed by atoms with Crippen molar-refractivity contribution in [3.8, 4) is 0 Å². The molecule has 0 fully saturated rings. The number of hydrogen-bond acceptors (Lipinski definition) is 4. The molecule has 0 aliphatic carbocycles. The number of nitrogens with zero attached hydrogens (tertiary/aromatic N) is 2. The maximum absolute atomic E-state index is 12.3. The van der Waals surface area contributed by atoms with E-state index < -0.39 is 0 Å². The van der Waals surface area contributed by atoms with E-state index in [4.69, 9.17) is 0 Å². The van der Waals surface area contributed by atoms with E-state index in [1.807, 2.05) is 26.2 Å². The van der Waals surface area contributed by atoms with Gasteiger partial charge in [-0.25, -0.2) is 4.98 Å². The summed E-state index contributed by atoms with van der Waals surface area (Å²) >= 11 is 1.38. The molecule has 2 heterocycles. The first kappa shape index (κ1) is 14.7. The first-order valence-electron chi connectivity index (χ1n) is 6.79. The average molecular weight is 293 g/mol. The lowest BCUT2D eigenvalue weighted by molar-refractivity contribution is -0.122. The van der Waals surface area contributed by atoms with Gasteiger partial charge in [-0.1, -0.05) is 13.8 Å². The molecule has 0 radical (unpaired) electrons. The molecule has 5 nitrogen and oxygen atoms in total. The highest BCUT2D eigenvalue weighted by Crippen LogP contribution is 2.19.